The van der Waals surface area contributed by atoms with E-state index in [1.807, 2.05) is 0 Å². The Labute approximate surface area is 98.9 Å². The molecule has 1 amide bonds. The van der Waals surface area contributed by atoms with Crippen molar-refractivity contribution in [3.05, 3.63) is 17.8 Å². The van der Waals surface area contributed by atoms with E-state index >= 15 is 0 Å². The monoisotopic (exact) mass is 240 g/mol. The van der Waals surface area contributed by atoms with Gasteiger partial charge in [0, 0.05) is 19.5 Å². The molecule has 17 heavy (non-hydrogen) atoms. The molecule has 7 heteroatoms. The van der Waals surface area contributed by atoms with Gasteiger partial charge in [-0.3, -0.25) is 4.79 Å². The maximum atomic E-state index is 12.0. The molecule has 7 nitrogen and oxygen atoms in total. The van der Waals surface area contributed by atoms with Crippen LogP contribution in [-0.2, 0) is 0 Å². The third-order valence-electron chi connectivity index (χ3n) is 2.55. The van der Waals surface area contributed by atoms with E-state index in [9.17, 15) is 4.79 Å². The van der Waals surface area contributed by atoms with Crippen LogP contribution in [0.5, 0.6) is 0 Å². The van der Waals surface area contributed by atoms with Gasteiger partial charge in [-0.05, 0) is 13.8 Å². The van der Waals surface area contributed by atoms with Crippen molar-refractivity contribution in [3.8, 4) is 0 Å². The Kier molecular flexibility index (Phi) is 4.08. The van der Waals surface area contributed by atoms with Gasteiger partial charge in [0.05, 0.1) is 5.69 Å². The average Bonchev–Trinajstić information content (AvgIpc) is 2.73. The van der Waals surface area contributed by atoms with Gasteiger partial charge in [0.1, 0.15) is 5.84 Å². The fraction of sp³-hybridized carbons (Fsp3) is 0.500. The predicted molar refractivity (Wildman–Crippen MR) is 60.8 cm³/mol. The first-order chi connectivity index (χ1) is 7.97. The Bertz CT molecular complexity index is 427. The fourth-order valence-electron chi connectivity index (χ4n) is 1.35. The molecule has 1 aromatic rings. The molecule has 0 bridgehead atoms. The summed E-state index contributed by atoms with van der Waals surface area (Å²) in [5.41, 5.74) is 5.93. The molecule has 0 aliphatic heterocycles. The van der Waals surface area contributed by atoms with Crippen molar-refractivity contribution in [2.24, 2.45) is 10.9 Å². The van der Waals surface area contributed by atoms with Crippen LogP contribution in [0.1, 0.15) is 29.6 Å². The quantitative estimate of drug-likeness (QED) is 0.346. The molecule has 1 rings (SSSR count). The molecule has 1 atom stereocenters. The lowest BCUT2D eigenvalue weighted by Gasteiger charge is -2.23. The highest BCUT2D eigenvalue weighted by molar-refractivity contribution is 5.92. The molecular formula is C10H16N4O3. The van der Waals surface area contributed by atoms with E-state index in [1.165, 1.54) is 11.3 Å². The minimum absolute atomic E-state index is 0.0754. The summed E-state index contributed by atoms with van der Waals surface area (Å²) in [6, 6.07) is -0.206. The highest BCUT2D eigenvalue weighted by atomic mass is 16.4. The number of aryl methyl sites for hydroxylation is 1. The summed E-state index contributed by atoms with van der Waals surface area (Å²) in [7, 11) is 1.62. The average molecular weight is 240 g/mol. The molecule has 0 saturated heterocycles. The van der Waals surface area contributed by atoms with Crippen LogP contribution in [0.3, 0.4) is 0 Å². The molecule has 1 aromatic heterocycles. The lowest BCUT2D eigenvalue weighted by Crippen LogP contribution is -2.37. The van der Waals surface area contributed by atoms with Crippen LogP contribution in [0.15, 0.2) is 16.0 Å². The molecule has 3 N–H and O–H groups in total. The molecule has 0 aliphatic rings. The van der Waals surface area contributed by atoms with Gasteiger partial charge < -0.3 is 20.3 Å². The molecule has 1 unspecified atom stereocenters. The third-order valence-corrected chi connectivity index (χ3v) is 2.55. The van der Waals surface area contributed by atoms with E-state index in [1.54, 1.807) is 20.9 Å². The minimum Gasteiger partial charge on any atom is -0.438 e. The number of carbonyl (C=O) groups is 1. The fourth-order valence-corrected chi connectivity index (χ4v) is 1.35. The Hall–Kier alpha value is -2.05. The van der Waals surface area contributed by atoms with E-state index in [0.29, 0.717) is 5.69 Å². The SMILES string of the molecule is Cc1ncoc1C(=O)N(C)C(C)CC(N)=NO. The van der Waals surface area contributed by atoms with Crippen molar-refractivity contribution < 1.29 is 14.4 Å². The number of aromatic nitrogens is 1. The van der Waals surface area contributed by atoms with Crippen molar-refractivity contribution in [2.45, 2.75) is 26.3 Å². The Morgan fingerprint density at radius 3 is 2.88 bits per heavy atom. The first kappa shape index (κ1) is 13.0. The summed E-state index contributed by atoms with van der Waals surface area (Å²) < 4.78 is 5.02. The number of oxazole rings is 1. The second-order valence-corrected chi connectivity index (χ2v) is 3.83. The van der Waals surface area contributed by atoms with Crippen molar-refractivity contribution in [2.75, 3.05) is 7.05 Å². The number of rotatable bonds is 4. The molecule has 94 valence electrons. The van der Waals surface area contributed by atoms with Crippen molar-refractivity contribution in [1.82, 2.24) is 9.88 Å². The zero-order chi connectivity index (χ0) is 13.0. The molecule has 0 spiro atoms. The van der Waals surface area contributed by atoms with Gasteiger partial charge in [-0.1, -0.05) is 5.16 Å². The molecule has 0 radical (unpaired) electrons. The van der Waals surface area contributed by atoms with Crippen LogP contribution in [-0.4, -0.2) is 39.9 Å². The number of hydrogen-bond donors (Lipinski definition) is 2. The maximum Gasteiger partial charge on any atom is 0.291 e. The molecule has 0 aromatic carbocycles. The number of amides is 1. The van der Waals surface area contributed by atoms with Gasteiger partial charge in [0.25, 0.3) is 5.91 Å². The highest BCUT2D eigenvalue weighted by Gasteiger charge is 2.22. The first-order valence-corrected chi connectivity index (χ1v) is 5.11. The molecule has 0 fully saturated rings. The number of hydrogen-bond acceptors (Lipinski definition) is 5. The van der Waals surface area contributed by atoms with E-state index in [2.05, 4.69) is 10.1 Å². The predicted octanol–water partition coefficient (Wildman–Crippen LogP) is 0.580. The van der Waals surface area contributed by atoms with Crippen LogP contribution >= 0.6 is 0 Å². The second-order valence-electron chi connectivity index (χ2n) is 3.83. The molecule has 1 heterocycles. The van der Waals surface area contributed by atoms with Crippen LogP contribution in [0.25, 0.3) is 0 Å². The van der Waals surface area contributed by atoms with Crippen molar-refractivity contribution in [1.29, 1.82) is 0 Å². The summed E-state index contributed by atoms with van der Waals surface area (Å²) in [6.07, 6.45) is 1.51. The Morgan fingerprint density at radius 1 is 1.76 bits per heavy atom. The van der Waals surface area contributed by atoms with E-state index in [4.69, 9.17) is 15.4 Å². The van der Waals surface area contributed by atoms with Gasteiger partial charge in [-0.25, -0.2) is 4.98 Å². The Balaban J connectivity index is 2.73. The van der Waals surface area contributed by atoms with Crippen molar-refractivity contribution in [3.63, 3.8) is 0 Å². The first-order valence-electron chi connectivity index (χ1n) is 5.11. The van der Waals surface area contributed by atoms with Gasteiger partial charge in [-0.15, -0.1) is 0 Å². The summed E-state index contributed by atoms with van der Waals surface area (Å²) in [4.78, 5) is 17.3. The number of amidine groups is 1. The van der Waals surface area contributed by atoms with Crippen molar-refractivity contribution >= 4 is 11.7 Å². The van der Waals surface area contributed by atoms with Gasteiger partial charge in [0.15, 0.2) is 6.39 Å². The van der Waals surface area contributed by atoms with E-state index in [-0.39, 0.29) is 30.0 Å². The third kappa shape index (κ3) is 2.96. The lowest BCUT2D eigenvalue weighted by atomic mass is 10.2. The summed E-state index contributed by atoms with van der Waals surface area (Å²) in [5.74, 6) is 0.00328. The Morgan fingerprint density at radius 2 is 2.41 bits per heavy atom. The molecule has 0 saturated carbocycles. The van der Waals surface area contributed by atoms with Crippen LogP contribution in [0.2, 0.25) is 0 Å². The standard InChI is InChI=1S/C10H16N4O3/c1-6(4-8(11)13-16)14(3)10(15)9-7(2)12-5-17-9/h5-6,16H,4H2,1-3H3,(H2,11,13). The summed E-state index contributed by atoms with van der Waals surface area (Å²) in [6.45, 7) is 3.49. The van der Waals surface area contributed by atoms with Crippen LogP contribution < -0.4 is 5.73 Å². The number of nitrogens with zero attached hydrogens (tertiary/aromatic N) is 3. The van der Waals surface area contributed by atoms with E-state index in [0.717, 1.165) is 0 Å². The minimum atomic E-state index is -0.279. The van der Waals surface area contributed by atoms with Gasteiger partial charge in [0.2, 0.25) is 5.76 Å². The largest absolute Gasteiger partial charge is 0.438 e. The highest BCUT2D eigenvalue weighted by Crippen LogP contribution is 2.11. The molecular weight excluding hydrogens is 224 g/mol. The number of carbonyl (C=O) groups excluding carboxylic acids is 1. The van der Waals surface area contributed by atoms with Crippen LogP contribution in [0.4, 0.5) is 0 Å². The van der Waals surface area contributed by atoms with E-state index < -0.39 is 0 Å². The zero-order valence-corrected chi connectivity index (χ0v) is 10.0. The topological polar surface area (TPSA) is 105 Å². The maximum absolute atomic E-state index is 12.0. The summed E-state index contributed by atoms with van der Waals surface area (Å²) in [5, 5.41) is 11.3. The lowest BCUT2D eigenvalue weighted by molar-refractivity contribution is 0.0714. The smallest absolute Gasteiger partial charge is 0.291 e. The summed E-state index contributed by atoms with van der Waals surface area (Å²) >= 11 is 0. The van der Waals surface area contributed by atoms with Gasteiger partial charge in [-0.2, -0.15) is 0 Å². The molecule has 0 aliphatic carbocycles. The number of nitrogens with two attached hydrogens (primary N) is 1. The zero-order valence-electron chi connectivity index (χ0n) is 10.0. The number of oxime groups is 1. The van der Waals surface area contributed by atoms with Gasteiger partial charge >= 0.3 is 0 Å². The normalized spacial score (nSPS) is 13.5. The van der Waals surface area contributed by atoms with Crippen LogP contribution in [0, 0.1) is 6.92 Å². The second kappa shape index (κ2) is 5.33.